The molecule has 1 aliphatic rings. The number of hydrogen-bond donors (Lipinski definition) is 2. The van der Waals surface area contributed by atoms with Crippen LogP contribution in [0.25, 0.3) is 0 Å². The van der Waals surface area contributed by atoms with E-state index in [9.17, 15) is 4.79 Å². The van der Waals surface area contributed by atoms with Gasteiger partial charge in [0.1, 0.15) is 11.4 Å². The molecule has 2 rings (SSSR count). The van der Waals surface area contributed by atoms with Crippen molar-refractivity contribution in [3.05, 3.63) is 17.0 Å². The highest BCUT2D eigenvalue weighted by molar-refractivity contribution is 6.28. The predicted octanol–water partition coefficient (Wildman–Crippen LogP) is 2.57. The monoisotopic (exact) mass is 255 g/mol. The second-order valence-electron chi connectivity index (χ2n) is 4.19. The van der Waals surface area contributed by atoms with Crippen LogP contribution in [0.1, 0.15) is 42.5 Å². The molecular formula is C11H14ClN3O2. The lowest BCUT2D eigenvalue weighted by Crippen LogP contribution is -2.24. The zero-order valence-electron chi connectivity index (χ0n) is 9.32. The minimum absolute atomic E-state index is 0.0632. The molecule has 92 valence electrons. The van der Waals surface area contributed by atoms with Crippen LogP contribution in [0.4, 0.5) is 5.82 Å². The summed E-state index contributed by atoms with van der Waals surface area (Å²) in [6.45, 7) is 0. The average Bonchev–Trinajstić information content (AvgIpc) is 2.30. The number of carboxylic acid groups (broad SMARTS) is 1. The van der Waals surface area contributed by atoms with E-state index in [0.717, 1.165) is 12.8 Å². The Kier molecular flexibility index (Phi) is 3.78. The van der Waals surface area contributed by atoms with E-state index in [1.54, 1.807) is 0 Å². The maximum Gasteiger partial charge on any atom is 0.341 e. The maximum atomic E-state index is 11.0. The highest BCUT2D eigenvalue weighted by Crippen LogP contribution is 2.23. The van der Waals surface area contributed by atoms with E-state index in [1.165, 1.54) is 25.5 Å². The number of nitrogens with zero attached hydrogens (tertiary/aromatic N) is 2. The molecule has 1 heterocycles. The Balaban J connectivity index is 2.17. The van der Waals surface area contributed by atoms with Gasteiger partial charge in [0.2, 0.25) is 5.28 Å². The number of anilines is 1. The Bertz CT molecular complexity index is 419. The number of carboxylic acids is 1. The van der Waals surface area contributed by atoms with Crippen LogP contribution >= 0.6 is 11.6 Å². The van der Waals surface area contributed by atoms with Gasteiger partial charge >= 0.3 is 5.97 Å². The fourth-order valence-corrected chi connectivity index (χ4v) is 2.20. The van der Waals surface area contributed by atoms with Gasteiger partial charge in [-0.1, -0.05) is 19.3 Å². The van der Waals surface area contributed by atoms with Gasteiger partial charge in [-0.15, -0.1) is 0 Å². The van der Waals surface area contributed by atoms with Gasteiger partial charge in [0.25, 0.3) is 0 Å². The highest BCUT2D eigenvalue weighted by atomic mass is 35.5. The fraction of sp³-hybridized carbons (Fsp3) is 0.545. The molecule has 2 N–H and O–H groups in total. The van der Waals surface area contributed by atoms with Crippen LogP contribution in [0.15, 0.2) is 6.20 Å². The number of hydrogen-bond acceptors (Lipinski definition) is 4. The van der Waals surface area contributed by atoms with E-state index in [4.69, 9.17) is 16.7 Å². The van der Waals surface area contributed by atoms with E-state index in [-0.39, 0.29) is 16.9 Å². The summed E-state index contributed by atoms with van der Waals surface area (Å²) in [6, 6.07) is 0.285. The van der Waals surface area contributed by atoms with Gasteiger partial charge in [-0.05, 0) is 24.4 Å². The van der Waals surface area contributed by atoms with E-state index in [0.29, 0.717) is 5.82 Å². The summed E-state index contributed by atoms with van der Waals surface area (Å²) in [7, 11) is 0. The normalized spacial score (nSPS) is 16.8. The summed E-state index contributed by atoms with van der Waals surface area (Å²) < 4.78 is 0. The number of carbonyl (C=O) groups is 1. The summed E-state index contributed by atoms with van der Waals surface area (Å²) >= 11 is 5.68. The van der Waals surface area contributed by atoms with Gasteiger partial charge in [0, 0.05) is 12.2 Å². The van der Waals surface area contributed by atoms with Crippen molar-refractivity contribution < 1.29 is 9.90 Å². The van der Waals surface area contributed by atoms with E-state index < -0.39 is 5.97 Å². The van der Waals surface area contributed by atoms with Crippen LogP contribution < -0.4 is 5.32 Å². The van der Waals surface area contributed by atoms with Crippen molar-refractivity contribution in [2.75, 3.05) is 5.32 Å². The van der Waals surface area contributed by atoms with Gasteiger partial charge in [-0.2, -0.15) is 4.98 Å². The zero-order chi connectivity index (χ0) is 12.3. The summed E-state index contributed by atoms with van der Waals surface area (Å²) in [5.74, 6) is -0.718. The van der Waals surface area contributed by atoms with Crippen LogP contribution in [-0.4, -0.2) is 27.1 Å². The number of halogens is 1. The topological polar surface area (TPSA) is 75.1 Å². The average molecular weight is 256 g/mol. The molecule has 5 nitrogen and oxygen atoms in total. The maximum absolute atomic E-state index is 11.0. The first-order valence-corrected chi connectivity index (χ1v) is 6.07. The van der Waals surface area contributed by atoms with Gasteiger partial charge in [-0.25, -0.2) is 9.78 Å². The Labute approximate surface area is 104 Å². The van der Waals surface area contributed by atoms with Crippen LogP contribution in [0.2, 0.25) is 5.28 Å². The van der Waals surface area contributed by atoms with E-state index in [2.05, 4.69) is 15.3 Å². The van der Waals surface area contributed by atoms with Crippen LogP contribution in [0.5, 0.6) is 0 Å². The molecule has 0 atom stereocenters. The van der Waals surface area contributed by atoms with Crippen molar-refractivity contribution in [3.8, 4) is 0 Å². The molecule has 0 unspecified atom stereocenters. The molecule has 1 aliphatic carbocycles. The predicted molar refractivity (Wildman–Crippen MR) is 64.5 cm³/mol. The Hall–Kier alpha value is -1.36. The van der Waals surface area contributed by atoms with Crippen molar-refractivity contribution in [2.24, 2.45) is 0 Å². The Morgan fingerprint density at radius 3 is 2.76 bits per heavy atom. The number of nitrogens with one attached hydrogen (secondary N) is 1. The molecule has 0 radical (unpaired) electrons. The van der Waals surface area contributed by atoms with Gasteiger partial charge in [0.15, 0.2) is 0 Å². The van der Waals surface area contributed by atoms with E-state index >= 15 is 0 Å². The molecule has 0 aliphatic heterocycles. The lowest BCUT2D eigenvalue weighted by molar-refractivity contribution is 0.0697. The van der Waals surface area contributed by atoms with Gasteiger partial charge in [0.05, 0.1) is 0 Å². The molecule has 17 heavy (non-hydrogen) atoms. The fourth-order valence-electron chi connectivity index (χ4n) is 2.07. The first-order chi connectivity index (χ1) is 8.16. The summed E-state index contributed by atoms with van der Waals surface area (Å²) in [6.07, 6.45) is 6.90. The SMILES string of the molecule is O=C(O)c1cnc(Cl)nc1NC1CCCCC1. The first-order valence-electron chi connectivity index (χ1n) is 5.69. The standard InChI is InChI=1S/C11H14ClN3O2/c12-11-13-6-8(10(16)17)9(15-11)14-7-4-2-1-3-5-7/h6-7H,1-5H2,(H,16,17)(H,13,14,15). The minimum atomic E-state index is -1.04. The van der Waals surface area contributed by atoms with Crippen molar-refractivity contribution in [1.82, 2.24) is 9.97 Å². The summed E-state index contributed by atoms with van der Waals surface area (Å²) in [4.78, 5) is 18.7. The molecule has 0 amide bonds. The lowest BCUT2D eigenvalue weighted by Gasteiger charge is -2.23. The van der Waals surface area contributed by atoms with Crippen LogP contribution in [0.3, 0.4) is 0 Å². The third-order valence-corrected chi connectivity index (χ3v) is 3.12. The summed E-state index contributed by atoms with van der Waals surface area (Å²) in [5.41, 5.74) is 0.0694. The van der Waals surface area contributed by atoms with Crippen molar-refractivity contribution in [2.45, 2.75) is 38.1 Å². The molecule has 1 saturated carbocycles. The second-order valence-corrected chi connectivity index (χ2v) is 4.52. The molecule has 1 fully saturated rings. The Morgan fingerprint density at radius 1 is 1.41 bits per heavy atom. The molecule has 0 bridgehead atoms. The molecule has 1 aromatic rings. The summed E-state index contributed by atoms with van der Waals surface area (Å²) in [5, 5.41) is 12.2. The molecular weight excluding hydrogens is 242 g/mol. The largest absolute Gasteiger partial charge is 0.477 e. The Morgan fingerprint density at radius 2 is 2.12 bits per heavy atom. The first kappa shape index (κ1) is 12.1. The molecule has 0 saturated heterocycles. The van der Waals surface area contributed by atoms with Crippen LogP contribution in [-0.2, 0) is 0 Å². The van der Waals surface area contributed by atoms with Crippen molar-refractivity contribution in [1.29, 1.82) is 0 Å². The molecule has 0 aromatic carbocycles. The lowest BCUT2D eigenvalue weighted by atomic mass is 9.95. The molecule has 1 aromatic heterocycles. The van der Waals surface area contributed by atoms with Crippen molar-refractivity contribution in [3.63, 3.8) is 0 Å². The van der Waals surface area contributed by atoms with E-state index in [1.807, 2.05) is 0 Å². The number of aromatic nitrogens is 2. The zero-order valence-corrected chi connectivity index (χ0v) is 10.1. The molecule has 6 heteroatoms. The highest BCUT2D eigenvalue weighted by Gasteiger charge is 2.18. The van der Waals surface area contributed by atoms with Gasteiger partial charge < -0.3 is 10.4 Å². The molecule has 0 spiro atoms. The number of aromatic carboxylic acids is 1. The minimum Gasteiger partial charge on any atom is -0.477 e. The smallest absolute Gasteiger partial charge is 0.341 e. The number of rotatable bonds is 3. The third-order valence-electron chi connectivity index (χ3n) is 2.94. The van der Waals surface area contributed by atoms with Crippen LogP contribution in [0, 0.1) is 0 Å². The van der Waals surface area contributed by atoms with Gasteiger partial charge in [-0.3, -0.25) is 0 Å². The second kappa shape index (κ2) is 5.31. The third kappa shape index (κ3) is 3.06. The quantitative estimate of drug-likeness (QED) is 0.812. The van der Waals surface area contributed by atoms with Crippen molar-refractivity contribution >= 4 is 23.4 Å².